The summed E-state index contributed by atoms with van der Waals surface area (Å²) in [5.41, 5.74) is 2.21. The van der Waals surface area contributed by atoms with Gasteiger partial charge >= 0.3 is 12.1 Å². The lowest BCUT2D eigenvalue weighted by atomic mass is 9.72. The zero-order valence-corrected chi connectivity index (χ0v) is 17.5. The Bertz CT molecular complexity index is 1070. The van der Waals surface area contributed by atoms with Gasteiger partial charge in [0.05, 0.1) is 18.8 Å². The molecular weight excluding hydrogens is 384 g/mol. The van der Waals surface area contributed by atoms with Crippen LogP contribution in [-0.4, -0.2) is 64.2 Å². The van der Waals surface area contributed by atoms with Crippen LogP contribution in [0.3, 0.4) is 0 Å². The molecule has 3 aromatic rings. The Hall–Kier alpha value is -3.10. The van der Waals surface area contributed by atoms with E-state index in [2.05, 4.69) is 40.1 Å². The molecular formula is C21H26N6O3. The van der Waals surface area contributed by atoms with Gasteiger partial charge in [-0.1, -0.05) is 17.3 Å². The number of ether oxygens (including phenoxy) is 1. The standard InChI is InChI=1S/C21H26N6O3/c1-14(2)27-17-10-15(4-5-16(17)11-22-27)18-23-19(30-24-18)26-12-21(13-26)6-8-25(9-7-21)20(28)29-3/h4-5,10-11,14H,6-9,12-13H2,1-3H3. The number of anilines is 1. The van der Waals surface area contributed by atoms with Crippen molar-refractivity contribution in [1.82, 2.24) is 24.8 Å². The third-order valence-electron chi connectivity index (χ3n) is 6.34. The van der Waals surface area contributed by atoms with Gasteiger partial charge in [-0.05, 0) is 32.8 Å². The molecule has 0 aliphatic carbocycles. The van der Waals surface area contributed by atoms with Crippen LogP contribution in [0.5, 0.6) is 0 Å². The highest BCUT2D eigenvalue weighted by atomic mass is 16.5. The summed E-state index contributed by atoms with van der Waals surface area (Å²) in [7, 11) is 1.43. The Morgan fingerprint density at radius 1 is 1.23 bits per heavy atom. The number of hydrogen-bond donors (Lipinski definition) is 0. The minimum atomic E-state index is -0.238. The summed E-state index contributed by atoms with van der Waals surface area (Å²) in [6, 6.07) is 6.95. The second kappa shape index (κ2) is 7.00. The smallest absolute Gasteiger partial charge is 0.409 e. The van der Waals surface area contributed by atoms with Crippen LogP contribution in [-0.2, 0) is 4.74 Å². The van der Waals surface area contributed by atoms with Gasteiger partial charge in [-0.2, -0.15) is 10.1 Å². The normalized spacial score (nSPS) is 18.3. The molecule has 0 radical (unpaired) electrons. The highest BCUT2D eigenvalue weighted by Gasteiger charge is 2.47. The Labute approximate surface area is 174 Å². The van der Waals surface area contributed by atoms with Crippen LogP contribution < -0.4 is 4.90 Å². The number of aromatic nitrogens is 4. The van der Waals surface area contributed by atoms with Gasteiger partial charge < -0.3 is 19.1 Å². The molecule has 0 bridgehead atoms. The average molecular weight is 410 g/mol. The van der Waals surface area contributed by atoms with Gasteiger partial charge in [0.15, 0.2) is 0 Å². The molecule has 1 amide bonds. The van der Waals surface area contributed by atoms with E-state index < -0.39 is 0 Å². The van der Waals surface area contributed by atoms with Crippen LogP contribution in [0.1, 0.15) is 32.7 Å². The number of fused-ring (bicyclic) bond motifs is 1. The molecule has 2 aliphatic rings. The van der Waals surface area contributed by atoms with E-state index in [1.807, 2.05) is 23.0 Å². The fourth-order valence-corrected chi connectivity index (χ4v) is 4.56. The van der Waals surface area contributed by atoms with E-state index in [-0.39, 0.29) is 17.6 Å². The summed E-state index contributed by atoms with van der Waals surface area (Å²) in [4.78, 5) is 20.2. The van der Waals surface area contributed by atoms with E-state index in [9.17, 15) is 4.79 Å². The van der Waals surface area contributed by atoms with Gasteiger partial charge in [-0.25, -0.2) is 4.79 Å². The molecule has 0 atom stereocenters. The predicted octanol–water partition coefficient (Wildman–Crippen LogP) is 3.34. The van der Waals surface area contributed by atoms with E-state index in [0.717, 1.165) is 55.5 Å². The quantitative estimate of drug-likeness (QED) is 0.654. The number of amides is 1. The molecule has 1 spiro atoms. The zero-order valence-electron chi connectivity index (χ0n) is 17.5. The SMILES string of the molecule is COC(=O)N1CCC2(CC1)CN(c1nc(-c3ccc4cnn(C(C)C)c4c3)no1)C2. The number of carbonyl (C=O) groups excluding carboxylic acids is 1. The van der Waals surface area contributed by atoms with Crippen LogP contribution in [0.15, 0.2) is 28.9 Å². The lowest BCUT2D eigenvalue weighted by Crippen LogP contribution is -2.61. The van der Waals surface area contributed by atoms with Crippen molar-refractivity contribution < 1.29 is 14.1 Å². The highest BCUT2D eigenvalue weighted by Crippen LogP contribution is 2.42. The Balaban J connectivity index is 1.28. The third-order valence-corrected chi connectivity index (χ3v) is 6.34. The Morgan fingerprint density at radius 2 is 2.00 bits per heavy atom. The molecule has 2 saturated heterocycles. The first-order valence-corrected chi connectivity index (χ1v) is 10.4. The molecule has 158 valence electrons. The number of benzene rings is 1. The van der Waals surface area contributed by atoms with Crippen molar-refractivity contribution in [2.24, 2.45) is 5.41 Å². The van der Waals surface area contributed by atoms with Gasteiger partial charge in [0, 0.05) is 48.6 Å². The van der Waals surface area contributed by atoms with Crippen molar-refractivity contribution in [2.45, 2.75) is 32.7 Å². The molecule has 2 aromatic heterocycles. The molecule has 5 rings (SSSR count). The minimum Gasteiger partial charge on any atom is -0.453 e. The molecule has 0 N–H and O–H groups in total. The Morgan fingerprint density at radius 3 is 2.70 bits per heavy atom. The van der Waals surface area contributed by atoms with E-state index in [1.165, 1.54) is 7.11 Å². The maximum Gasteiger partial charge on any atom is 0.409 e. The lowest BCUT2D eigenvalue weighted by molar-refractivity contribution is 0.0599. The molecule has 9 nitrogen and oxygen atoms in total. The van der Waals surface area contributed by atoms with Crippen molar-refractivity contribution in [3.05, 3.63) is 24.4 Å². The second-order valence-electron chi connectivity index (χ2n) is 8.67. The van der Waals surface area contributed by atoms with Gasteiger partial charge in [0.2, 0.25) is 5.82 Å². The number of nitrogens with zero attached hydrogens (tertiary/aromatic N) is 6. The fourth-order valence-electron chi connectivity index (χ4n) is 4.56. The number of methoxy groups -OCH3 is 1. The summed E-state index contributed by atoms with van der Waals surface area (Å²) >= 11 is 0. The van der Waals surface area contributed by atoms with E-state index >= 15 is 0 Å². The summed E-state index contributed by atoms with van der Waals surface area (Å²) in [5.74, 6) is 0.588. The number of likely N-dealkylation sites (tertiary alicyclic amines) is 1. The molecule has 9 heteroatoms. The molecule has 1 aromatic carbocycles. The third kappa shape index (κ3) is 3.09. The number of rotatable bonds is 3. The fraction of sp³-hybridized carbons (Fsp3) is 0.524. The molecule has 0 unspecified atom stereocenters. The molecule has 4 heterocycles. The largest absolute Gasteiger partial charge is 0.453 e. The van der Waals surface area contributed by atoms with Gasteiger partial charge in [-0.3, -0.25) is 4.68 Å². The monoisotopic (exact) mass is 410 g/mol. The van der Waals surface area contributed by atoms with Crippen molar-refractivity contribution in [3.63, 3.8) is 0 Å². The first-order valence-electron chi connectivity index (χ1n) is 10.4. The average Bonchev–Trinajstić information content (AvgIpc) is 3.38. The molecule has 2 aliphatic heterocycles. The van der Waals surface area contributed by atoms with Crippen molar-refractivity contribution in [1.29, 1.82) is 0 Å². The minimum absolute atomic E-state index is 0.224. The Kier molecular flexibility index (Phi) is 4.41. The van der Waals surface area contributed by atoms with Crippen molar-refractivity contribution in [3.8, 4) is 11.4 Å². The van der Waals surface area contributed by atoms with Crippen LogP contribution >= 0.6 is 0 Å². The van der Waals surface area contributed by atoms with E-state index in [1.54, 1.807) is 4.90 Å². The maximum absolute atomic E-state index is 11.7. The zero-order chi connectivity index (χ0) is 20.9. The number of piperidine rings is 1. The van der Waals surface area contributed by atoms with Crippen molar-refractivity contribution in [2.75, 3.05) is 38.2 Å². The molecule has 30 heavy (non-hydrogen) atoms. The van der Waals surface area contributed by atoms with Crippen LogP contribution in [0.4, 0.5) is 10.8 Å². The molecule has 2 fully saturated rings. The summed E-state index contributed by atoms with van der Waals surface area (Å²) in [6.07, 6.45) is 3.58. The summed E-state index contributed by atoms with van der Waals surface area (Å²) < 4.78 is 12.4. The van der Waals surface area contributed by atoms with E-state index in [4.69, 9.17) is 9.26 Å². The van der Waals surface area contributed by atoms with E-state index in [0.29, 0.717) is 11.8 Å². The van der Waals surface area contributed by atoms with Crippen LogP contribution in [0.2, 0.25) is 0 Å². The highest BCUT2D eigenvalue weighted by molar-refractivity contribution is 5.83. The van der Waals surface area contributed by atoms with Crippen LogP contribution in [0, 0.1) is 5.41 Å². The van der Waals surface area contributed by atoms with Gasteiger partial charge in [0.25, 0.3) is 0 Å². The predicted molar refractivity (Wildman–Crippen MR) is 111 cm³/mol. The summed E-state index contributed by atoms with van der Waals surface area (Å²) in [5, 5.41) is 9.77. The van der Waals surface area contributed by atoms with Gasteiger partial charge in [0.1, 0.15) is 0 Å². The van der Waals surface area contributed by atoms with Crippen molar-refractivity contribution >= 4 is 23.0 Å². The topological polar surface area (TPSA) is 89.5 Å². The maximum atomic E-state index is 11.7. The first kappa shape index (κ1) is 18.9. The first-order chi connectivity index (χ1) is 14.5. The lowest BCUT2D eigenvalue weighted by Gasteiger charge is -2.52. The summed E-state index contributed by atoms with van der Waals surface area (Å²) in [6.45, 7) is 7.45. The van der Waals surface area contributed by atoms with Gasteiger partial charge in [-0.15, -0.1) is 0 Å². The van der Waals surface area contributed by atoms with Crippen LogP contribution in [0.25, 0.3) is 22.3 Å². The number of hydrogen-bond acceptors (Lipinski definition) is 7. The second-order valence-corrected chi connectivity index (χ2v) is 8.67. The number of carbonyl (C=O) groups is 1. The molecule has 0 saturated carbocycles.